The Hall–Kier alpha value is -2.35. The Bertz CT molecular complexity index is 1040. The van der Waals surface area contributed by atoms with E-state index < -0.39 is 0 Å². The predicted octanol–water partition coefficient (Wildman–Crippen LogP) is 5.62. The molecule has 1 aliphatic rings. The molecule has 1 aliphatic heterocycles. The van der Waals surface area contributed by atoms with Crippen molar-refractivity contribution in [2.45, 2.75) is 38.5 Å². The van der Waals surface area contributed by atoms with Crippen LogP contribution in [0.15, 0.2) is 40.9 Å². The van der Waals surface area contributed by atoms with E-state index >= 15 is 0 Å². The third-order valence-corrected chi connectivity index (χ3v) is 6.27. The largest absolute Gasteiger partial charge is 0.493 e. The van der Waals surface area contributed by atoms with Crippen LogP contribution in [0.1, 0.15) is 43.4 Å². The van der Waals surface area contributed by atoms with Crippen LogP contribution < -0.4 is 9.47 Å². The van der Waals surface area contributed by atoms with Crippen molar-refractivity contribution in [2.24, 2.45) is 0 Å². The van der Waals surface area contributed by atoms with Crippen molar-refractivity contribution in [3.8, 4) is 11.5 Å². The van der Waals surface area contributed by atoms with Gasteiger partial charge in [0, 0.05) is 30.5 Å². The van der Waals surface area contributed by atoms with Gasteiger partial charge in [0.25, 0.3) is 0 Å². The monoisotopic (exact) mass is 492 g/mol. The van der Waals surface area contributed by atoms with E-state index in [2.05, 4.69) is 16.1 Å². The molecule has 186 valence electrons. The van der Waals surface area contributed by atoms with Gasteiger partial charge >= 0.3 is 0 Å². The van der Waals surface area contributed by atoms with E-state index in [0.717, 1.165) is 74.6 Å². The number of aromatic nitrogens is 1. The molecular weight excluding hydrogens is 459 g/mol. The summed E-state index contributed by atoms with van der Waals surface area (Å²) in [5, 5.41) is 4.97. The second kappa shape index (κ2) is 12.9. The molecule has 0 N–H and O–H groups in total. The quantitative estimate of drug-likeness (QED) is 0.323. The summed E-state index contributed by atoms with van der Waals surface area (Å²) in [6.07, 6.45) is 3.84. The van der Waals surface area contributed by atoms with Crippen LogP contribution >= 0.6 is 12.4 Å². The molecule has 2 aromatic carbocycles. The maximum Gasteiger partial charge on any atom is 0.161 e. The first-order chi connectivity index (χ1) is 16.2. The summed E-state index contributed by atoms with van der Waals surface area (Å²) >= 11 is 0. The number of benzene rings is 2. The average molecular weight is 493 g/mol. The Kier molecular flexibility index (Phi) is 9.99. The van der Waals surface area contributed by atoms with E-state index in [1.165, 1.54) is 17.7 Å². The number of ether oxygens (including phenoxy) is 3. The Morgan fingerprint density at radius 3 is 2.68 bits per heavy atom. The van der Waals surface area contributed by atoms with Gasteiger partial charge in [-0.3, -0.25) is 0 Å². The van der Waals surface area contributed by atoms with Gasteiger partial charge in [0.2, 0.25) is 0 Å². The molecule has 6 nitrogen and oxygen atoms in total. The number of rotatable bonds is 11. The van der Waals surface area contributed by atoms with Crippen molar-refractivity contribution in [1.29, 1.82) is 0 Å². The minimum absolute atomic E-state index is 0. The lowest BCUT2D eigenvalue weighted by Gasteiger charge is -2.30. The van der Waals surface area contributed by atoms with Gasteiger partial charge in [-0.1, -0.05) is 11.2 Å². The van der Waals surface area contributed by atoms with Gasteiger partial charge in [-0.15, -0.1) is 12.4 Å². The summed E-state index contributed by atoms with van der Waals surface area (Å²) in [7, 11) is 1.67. The Morgan fingerprint density at radius 1 is 1.09 bits per heavy atom. The molecular formula is C26H34ClFN2O4. The number of halogens is 2. The van der Waals surface area contributed by atoms with E-state index in [-0.39, 0.29) is 18.2 Å². The van der Waals surface area contributed by atoms with E-state index in [1.807, 2.05) is 19.1 Å². The number of methoxy groups -OCH3 is 1. The minimum Gasteiger partial charge on any atom is -0.493 e. The highest BCUT2D eigenvalue weighted by Crippen LogP contribution is 2.33. The van der Waals surface area contributed by atoms with Crippen LogP contribution in [0.4, 0.5) is 4.39 Å². The van der Waals surface area contributed by atoms with Gasteiger partial charge in [0.05, 0.1) is 20.3 Å². The van der Waals surface area contributed by atoms with E-state index in [4.69, 9.17) is 18.7 Å². The van der Waals surface area contributed by atoms with Crippen LogP contribution in [0.3, 0.4) is 0 Å². The van der Waals surface area contributed by atoms with Gasteiger partial charge < -0.3 is 23.6 Å². The lowest BCUT2D eigenvalue weighted by atomic mass is 9.92. The van der Waals surface area contributed by atoms with Gasteiger partial charge in [0.1, 0.15) is 17.1 Å². The molecule has 0 saturated carbocycles. The lowest BCUT2D eigenvalue weighted by Crippen LogP contribution is -2.34. The van der Waals surface area contributed by atoms with Crippen molar-refractivity contribution in [3.63, 3.8) is 0 Å². The normalized spacial score (nSPS) is 14.8. The van der Waals surface area contributed by atoms with E-state index in [0.29, 0.717) is 24.6 Å². The fourth-order valence-corrected chi connectivity index (χ4v) is 4.44. The van der Waals surface area contributed by atoms with Gasteiger partial charge in [0.15, 0.2) is 11.5 Å². The summed E-state index contributed by atoms with van der Waals surface area (Å²) in [5.74, 6) is 2.49. The smallest absolute Gasteiger partial charge is 0.161 e. The predicted molar refractivity (Wildman–Crippen MR) is 133 cm³/mol. The molecule has 0 atom stereocenters. The van der Waals surface area contributed by atoms with Crippen molar-refractivity contribution < 1.29 is 23.1 Å². The number of piperidine rings is 1. The molecule has 0 unspecified atom stereocenters. The van der Waals surface area contributed by atoms with Crippen LogP contribution in [0.2, 0.25) is 0 Å². The van der Waals surface area contributed by atoms with Crippen molar-refractivity contribution in [3.05, 3.63) is 53.5 Å². The highest BCUT2D eigenvalue weighted by atomic mass is 35.5. The highest BCUT2D eigenvalue weighted by Gasteiger charge is 2.25. The van der Waals surface area contributed by atoms with Crippen molar-refractivity contribution in [1.82, 2.24) is 10.1 Å². The highest BCUT2D eigenvalue weighted by molar-refractivity contribution is 5.85. The molecule has 0 amide bonds. The van der Waals surface area contributed by atoms with Gasteiger partial charge in [-0.25, -0.2) is 4.39 Å². The first-order valence-corrected chi connectivity index (χ1v) is 11.8. The van der Waals surface area contributed by atoms with Gasteiger partial charge in [-0.2, -0.15) is 0 Å². The molecule has 4 rings (SSSR count). The molecule has 3 aromatic rings. The summed E-state index contributed by atoms with van der Waals surface area (Å²) < 4.78 is 35.9. The summed E-state index contributed by atoms with van der Waals surface area (Å²) in [6, 6.07) is 10.8. The van der Waals surface area contributed by atoms with E-state index in [9.17, 15) is 4.39 Å². The molecule has 34 heavy (non-hydrogen) atoms. The summed E-state index contributed by atoms with van der Waals surface area (Å²) in [4.78, 5) is 2.46. The number of hydrogen-bond donors (Lipinski definition) is 0. The molecule has 1 fully saturated rings. The molecule has 0 spiro atoms. The van der Waals surface area contributed by atoms with Crippen LogP contribution in [-0.4, -0.2) is 56.6 Å². The minimum atomic E-state index is -0.283. The van der Waals surface area contributed by atoms with E-state index in [1.54, 1.807) is 13.2 Å². The molecule has 1 aromatic heterocycles. The fraction of sp³-hybridized carbons (Fsp3) is 0.500. The van der Waals surface area contributed by atoms with Crippen molar-refractivity contribution >= 4 is 23.3 Å². The Morgan fingerprint density at radius 2 is 1.91 bits per heavy atom. The molecule has 2 heterocycles. The molecule has 1 saturated heterocycles. The first-order valence-electron chi connectivity index (χ1n) is 11.8. The lowest BCUT2D eigenvalue weighted by molar-refractivity contribution is 0.151. The third kappa shape index (κ3) is 6.62. The molecule has 8 heteroatoms. The number of fused-ring (bicyclic) bond motifs is 1. The zero-order chi connectivity index (χ0) is 23.0. The zero-order valence-electron chi connectivity index (χ0n) is 19.9. The molecule has 0 bridgehead atoms. The van der Waals surface area contributed by atoms with Crippen LogP contribution in [0.5, 0.6) is 11.5 Å². The first kappa shape index (κ1) is 26.3. The van der Waals surface area contributed by atoms with Crippen LogP contribution in [0.25, 0.3) is 10.9 Å². The summed E-state index contributed by atoms with van der Waals surface area (Å²) in [5.41, 5.74) is 1.78. The topological polar surface area (TPSA) is 57.0 Å². The Balaban J connectivity index is 0.00000324. The van der Waals surface area contributed by atoms with Crippen molar-refractivity contribution in [2.75, 3.05) is 46.6 Å². The standard InChI is InChI=1S/C26H33FN2O4.ClH/c1-3-31-16-11-19-5-8-24(25(17-19)30-2)32-15-4-12-29-13-9-20(10-14-29)26-22-7-6-21(27)18-23(22)28-33-26;/h5-8,17-18,20H,3-4,9-16H2,1-2H3;1H. The molecule has 0 radical (unpaired) electrons. The SMILES string of the molecule is CCOCCc1ccc(OCCCN2CCC(c3onc4cc(F)ccc34)CC2)c(OC)c1.Cl. The zero-order valence-corrected chi connectivity index (χ0v) is 20.7. The maximum atomic E-state index is 13.4. The maximum absolute atomic E-state index is 13.4. The van der Waals surface area contributed by atoms with Crippen LogP contribution in [-0.2, 0) is 11.2 Å². The number of likely N-dealkylation sites (tertiary alicyclic amines) is 1. The van der Waals surface area contributed by atoms with Gasteiger partial charge in [-0.05, 0) is 75.5 Å². The summed E-state index contributed by atoms with van der Waals surface area (Å²) in [6.45, 7) is 7.09. The van der Waals surface area contributed by atoms with Crippen LogP contribution in [0, 0.1) is 5.82 Å². The second-order valence-electron chi connectivity index (χ2n) is 8.46. The fourth-order valence-electron chi connectivity index (χ4n) is 4.44. The third-order valence-electron chi connectivity index (χ3n) is 6.27. The Labute approximate surface area is 206 Å². The average Bonchev–Trinajstić information content (AvgIpc) is 3.26. The number of nitrogens with zero attached hydrogens (tertiary/aromatic N) is 2. The second-order valence-corrected chi connectivity index (χ2v) is 8.46. The number of hydrogen-bond acceptors (Lipinski definition) is 6. The molecule has 0 aliphatic carbocycles.